The molecule has 0 bridgehead atoms. The Morgan fingerprint density at radius 2 is 1.73 bits per heavy atom. The Labute approximate surface area is 126 Å². The fraction of sp³-hybridized carbons (Fsp3) is 0.286. The van der Waals surface area contributed by atoms with Crippen LogP contribution in [0.5, 0.6) is 5.75 Å². The van der Waals surface area contributed by atoms with Gasteiger partial charge in [-0.15, -0.1) is 0 Å². The number of ether oxygens (including phenoxy) is 3. The Bertz CT molecular complexity index is 577. The molecule has 0 amide bonds. The van der Waals surface area contributed by atoms with E-state index >= 15 is 0 Å². The molecule has 0 radical (unpaired) electrons. The van der Waals surface area contributed by atoms with Crippen molar-refractivity contribution in [2.45, 2.75) is 13.8 Å². The highest BCUT2D eigenvalue weighted by Crippen LogP contribution is 2.19. The molecule has 0 unspecified atom stereocenters. The van der Waals surface area contributed by atoms with Crippen LogP contribution in [-0.2, 0) is 19.1 Å². The third kappa shape index (κ3) is 5.23. The summed E-state index contributed by atoms with van der Waals surface area (Å²) in [5.41, 5.74) is -0.126. The van der Waals surface area contributed by atoms with Crippen LogP contribution in [0.3, 0.4) is 0 Å². The van der Waals surface area contributed by atoms with Gasteiger partial charge in [-0.05, 0) is 26.0 Å². The molecule has 0 saturated heterocycles. The van der Waals surface area contributed by atoms with E-state index in [1.165, 1.54) is 24.3 Å². The number of nitro groups is 1. The highest BCUT2D eigenvalue weighted by molar-refractivity contribution is 5.95. The van der Waals surface area contributed by atoms with E-state index < -0.39 is 16.9 Å². The number of carbonyl (C=O) groups excluding carboxylic acids is 2. The molecule has 1 aromatic rings. The number of hydrogen-bond acceptors (Lipinski definition) is 7. The number of esters is 2. The second-order valence-corrected chi connectivity index (χ2v) is 3.83. The van der Waals surface area contributed by atoms with Crippen molar-refractivity contribution in [3.05, 3.63) is 46.2 Å². The number of rotatable bonds is 7. The first-order valence-corrected chi connectivity index (χ1v) is 6.45. The zero-order chi connectivity index (χ0) is 16.5. The van der Waals surface area contributed by atoms with Crippen molar-refractivity contribution in [3.63, 3.8) is 0 Å². The topological polar surface area (TPSA) is 105 Å². The lowest BCUT2D eigenvalue weighted by molar-refractivity contribution is -0.384. The van der Waals surface area contributed by atoms with E-state index in [9.17, 15) is 19.7 Å². The van der Waals surface area contributed by atoms with E-state index in [-0.39, 0.29) is 30.4 Å². The van der Waals surface area contributed by atoms with Gasteiger partial charge in [-0.2, -0.15) is 0 Å². The summed E-state index contributed by atoms with van der Waals surface area (Å²) in [6.07, 6.45) is 0.864. The Kier molecular flexibility index (Phi) is 6.55. The number of non-ortho nitro benzene ring substituents is 1. The summed E-state index contributed by atoms with van der Waals surface area (Å²) >= 11 is 0. The molecule has 1 aromatic carbocycles. The van der Waals surface area contributed by atoms with Crippen molar-refractivity contribution in [1.82, 2.24) is 0 Å². The Balaban J connectivity index is 2.94. The smallest absolute Gasteiger partial charge is 0.374 e. The monoisotopic (exact) mass is 309 g/mol. The maximum Gasteiger partial charge on any atom is 0.374 e. The average Bonchev–Trinajstić information content (AvgIpc) is 2.47. The lowest BCUT2D eigenvalue weighted by atomic mass is 10.3. The Hall–Kier alpha value is -2.90. The summed E-state index contributed by atoms with van der Waals surface area (Å²) in [6.45, 7) is 3.46. The molecule has 0 fully saturated rings. The van der Waals surface area contributed by atoms with Gasteiger partial charge in [0.1, 0.15) is 5.75 Å². The van der Waals surface area contributed by atoms with Crippen molar-refractivity contribution >= 4 is 17.6 Å². The predicted octanol–water partition coefficient (Wildman–Crippen LogP) is 1.98. The van der Waals surface area contributed by atoms with Crippen LogP contribution in [0.25, 0.3) is 0 Å². The van der Waals surface area contributed by atoms with Crippen LogP contribution in [0, 0.1) is 10.1 Å². The van der Waals surface area contributed by atoms with Crippen LogP contribution in [0.2, 0.25) is 0 Å². The maximum atomic E-state index is 11.7. The van der Waals surface area contributed by atoms with Crippen LogP contribution < -0.4 is 4.74 Å². The molecular weight excluding hydrogens is 294 g/mol. The fourth-order valence-electron chi connectivity index (χ4n) is 1.39. The van der Waals surface area contributed by atoms with E-state index in [4.69, 9.17) is 14.2 Å². The molecule has 0 aromatic heterocycles. The molecule has 0 heterocycles. The molecule has 1 rings (SSSR count). The van der Waals surface area contributed by atoms with Crippen molar-refractivity contribution in [3.8, 4) is 5.75 Å². The minimum Gasteiger partial charge on any atom is -0.463 e. The third-order valence-corrected chi connectivity index (χ3v) is 2.29. The lowest BCUT2D eigenvalue weighted by Crippen LogP contribution is -2.15. The zero-order valence-corrected chi connectivity index (χ0v) is 12.1. The largest absolute Gasteiger partial charge is 0.463 e. The van der Waals surface area contributed by atoms with E-state index in [1.807, 2.05) is 0 Å². The van der Waals surface area contributed by atoms with Crippen LogP contribution in [0.4, 0.5) is 5.69 Å². The molecule has 0 N–H and O–H groups in total. The van der Waals surface area contributed by atoms with Crippen molar-refractivity contribution in [2.75, 3.05) is 13.2 Å². The van der Waals surface area contributed by atoms with Gasteiger partial charge < -0.3 is 14.2 Å². The highest BCUT2D eigenvalue weighted by Gasteiger charge is 2.17. The van der Waals surface area contributed by atoms with E-state index in [2.05, 4.69) is 0 Å². The molecule has 8 heteroatoms. The van der Waals surface area contributed by atoms with Crippen molar-refractivity contribution < 1.29 is 28.7 Å². The summed E-state index contributed by atoms with van der Waals surface area (Å²) in [7, 11) is 0. The van der Waals surface area contributed by atoms with Crippen LogP contribution in [0.15, 0.2) is 36.1 Å². The second-order valence-electron chi connectivity index (χ2n) is 3.83. The molecule has 0 spiro atoms. The summed E-state index contributed by atoms with van der Waals surface area (Å²) in [5, 5.41) is 10.6. The molecule has 0 aliphatic carbocycles. The third-order valence-electron chi connectivity index (χ3n) is 2.29. The summed E-state index contributed by atoms with van der Waals surface area (Å²) in [6, 6.07) is 5.03. The average molecular weight is 309 g/mol. The molecule has 0 aliphatic rings. The Morgan fingerprint density at radius 3 is 2.23 bits per heavy atom. The molecule has 0 atom stereocenters. The van der Waals surface area contributed by atoms with E-state index in [0.29, 0.717) is 0 Å². The molecule has 8 nitrogen and oxygen atoms in total. The van der Waals surface area contributed by atoms with E-state index in [0.717, 1.165) is 6.08 Å². The lowest BCUT2D eigenvalue weighted by Gasteiger charge is -2.09. The maximum absolute atomic E-state index is 11.7. The van der Waals surface area contributed by atoms with Gasteiger partial charge in [0.05, 0.1) is 24.2 Å². The van der Waals surface area contributed by atoms with Gasteiger partial charge >= 0.3 is 11.9 Å². The zero-order valence-electron chi connectivity index (χ0n) is 12.1. The van der Waals surface area contributed by atoms with Gasteiger partial charge in [-0.1, -0.05) is 0 Å². The van der Waals surface area contributed by atoms with Gasteiger partial charge in [0, 0.05) is 12.1 Å². The van der Waals surface area contributed by atoms with Crippen molar-refractivity contribution in [1.29, 1.82) is 0 Å². The highest BCUT2D eigenvalue weighted by atomic mass is 16.6. The van der Waals surface area contributed by atoms with Gasteiger partial charge in [-0.3, -0.25) is 10.1 Å². The molecule has 118 valence electrons. The Morgan fingerprint density at radius 1 is 1.14 bits per heavy atom. The first kappa shape index (κ1) is 17.2. The molecule has 22 heavy (non-hydrogen) atoms. The first-order chi connectivity index (χ1) is 10.5. The normalized spacial score (nSPS) is 10.7. The minimum atomic E-state index is -0.839. The molecule has 0 aliphatic heterocycles. The number of nitro benzene ring substituents is 1. The van der Waals surface area contributed by atoms with Gasteiger partial charge in [0.2, 0.25) is 5.76 Å². The predicted molar refractivity (Wildman–Crippen MR) is 75.1 cm³/mol. The van der Waals surface area contributed by atoms with Gasteiger partial charge in [-0.25, -0.2) is 9.59 Å². The summed E-state index contributed by atoms with van der Waals surface area (Å²) in [5.74, 6) is -1.82. The van der Waals surface area contributed by atoms with Crippen molar-refractivity contribution in [2.24, 2.45) is 0 Å². The van der Waals surface area contributed by atoms with Crippen LogP contribution in [-0.4, -0.2) is 30.1 Å². The van der Waals surface area contributed by atoms with Gasteiger partial charge in [0.15, 0.2) is 0 Å². The number of nitrogens with zero attached hydrogens (tertiary/aromatic N) is 1. The van der Waals surface area contributed by atoms with E-state index in [1.54, 1.807) is 13.8 Å². The second kappa shape index (κ2) is 8.40. The number of benzene rings is 1. The molecular formula is C14H15NO7. The SMILES string of the molecule is CCOC(=O)/C=C(\Oc1ccc([N+](=O)[O-])cc1)C(=O)OCC. The fourth-order valence-corrected chi connectivity index (χ4v) is 1.39. The number of hydrogen-bond donors (Lipinski definition) is 0. The quantitative estimate of drug-likeness (QED) is 0.249. The first-order valence-electron chi connectivity index (χ1n) is 6.45. The van der Waals surface area contributed by atoms with Crippen LogP contribution >= 0.6 is 0 Å². The summed E-state index contributed by atoms with van der Waals surface area (Å²) in [4.78, 5) is 33.1. The number of carbonyl (C=O) groups is 2. The summed E-state index contributed by atoms with van der Waals surface area (Å²) < 4.78 is 14.7. The minimum absolute atomic E-state index is 0.0998. The molecule has 0 saturated carbocycles. The van der Waals surface area contributed by atoms with Gasteiger partial charge in [0.25, 0.3) is 5.69 Å². The standard InChI is InChI=1S/C14H15NO7/c1-3-20-13(16)9-12(14(17)21-4-2)22-11-7-5-10(6-8-11)15(18)19/h5-9H,3-4H2,1-2H3/b12-9-. The van der Waals surface area contributed by atoms with Crippen LogP contribution in [0.1, 0.15) is 13.8 Å².